The molecule has 0 aromatic heterocycles. The summed E-state index contributed by atoms with van der Waals surface area (Å²) in [6.07, 6.45) is 1.18. The van der Waals surface area contributed by atoms with Crippen molar-refractivity contribution in [3.05, 3.63) is 33.8 Å². The van der Waals surface area contributed by atoms with Gasteiger partial charge in [-0.25, -0.2) is 4.79 Å². The lowest BCUT2D eigenvalue weighted by molar-refractivity contribution is 0.0600. The molecule has 1 aromatic rings. The molecular formula is C16H23BrN2O2. The van der Waals surface area contributed by atoms with E-state index in [2.05, 4.69) is 39.7 Å². The maximum Gasteiger partial charge on any atom is 0.337 e. The Labute approximate surface area is 135 Å². The van der Waals surface area contributed by atoms with E-state index in [1.165, 1.54) is 19.1 Å². The van der Waals surface area contributed by atoms with Crippen LogP contribution in [0, 0.1) is 0 Å². The summed E-state index contributed by atoms with van der Waals surface area (Å²) in [4.78, 5) is 16.4. The summed E-state index contributed by atoms with van der Waals surface area (Å²) in [5.74, 6) is -0.298. The number of hydrogen-bond acceptors (Lipinski definition) is 4. The zero-order valence-corrected chi connectivity index (χ0v) is 14.5. The van der Waals surface area contributed by atoms with E-state index in [9.17, 15) is 4.79 Å². The fraction of sp³-hybridized carbons (Fsp3) is 0.562. The molecular weight excluding hydrogens is 332 g/mol. The van der Waals surface area contributed by atoms with Crippen molar-refractivity contribution in [2.75, 3.05) is 33.8 Å². The molecule has 116 valence electrons. The summed E-state index contributed by atoms with van der Waals surface area (Å²) in [6.45, 7) is 6.44. The Morgan fingerprint density at radius 1 is 1.43 bits per heavy atom. The van der Waals surface area contributed by atoms with Crippen molar-refractivity contribution in [2.45, 2.75) is 25.9 Å². The lowest BCUT2D eigenvalue weighted by atomic mass is 10.1. The number of ether oxygens (including phenoxy) is 1. The number of rotatable bonds is 4. The minimum Gasteiger partial charge on any atom is -0.465 e. The fourth-order valence-electron chi connectivity index (χ4n) is 2.76. The van der Waals surface area contributed by atoms with Gasteiger partial charge in [-0.15, -0.1) is 0 Å². The molecule has 2 rings (SSSR count). The Kier molecular flexibility index (Phi) is 5.79. The Morgan fingerprint density at radius 3 is 2.81 bits per heavy atom. The number of piperazine rings is 1. The van der Waals surface area contributed by atoms with Crippen LogP contribution in [-0.2, 0) is 11.3 Å². The first-order chi connectivity index (χ1) is 10.0. The Balaban J connectivity index is 2.04. The van der Waals surface area contributed by atoms with Crippen LogP contribution in [0.25, 0.3) is 0 Å². The van der Waals surface area contributed by atoms with Gasteiger partial charge in [-0.05, 0) is 31.2 Å². The quantitative estimate of drug-likeness (QED) is 0.778. The van der Waals surface area contributed by atoms with Crippen LogP contribution < -0.4 is 0 Å². The summed E-state index contributed by atoms with van der Waals surface area (Å²) >= 11 is 3.57. The third-order valence-electron chi connectivity index (χ3n) is 4.20. The third kappa shape index (κ3) is 4.05. The molecule has 0 saturated carbocycles. The zero-order valence-electron chi connectivity index (χ0n) is 12.9. The average Bonchev–Trinajstić information content (AvgIpc) is 2.50. The van der Waals surface area contributed by atoms with Crippen molar-refractivity contribution >= 4 is 21.9 Å². The van der Waals surface area contributed by atoms with Gasteiger partial charge in [0.2, 0.25) is 0 Å². The largest absolute Gasteiger partial charge is 0.465 e. The van der Waals surface area contributed by atoms with E-state index in [1.54, 1.807) is 0 Å². The zero-order chi connectivity index (χ0) is 15.4. The first kappa shape index (κ1) is 16.5. The molecule has 1 unspecified atom stereocenters. The molecule has 1 aromatic carbocycles. The monoisotopic (exact) mass is 354 g/mol. The third-order valence-corrected chi connectivity index (χ3v) is 4.94. The van der Waals surface area contributed by atoms with Crippen molar-refractivity contribution in [1.29, 1.82) is 0 Å². The smallest absolute Gasteiger partial charge is 0.337 e. The van der Waals surface area contributed by atoms with E-state index in [1.807, 2.05) is 18.2 Å². The number of likely N-dealkylation sites (N-methyl/N-ethyl adjacent to an activating group) is 1. The van der Waals surface area contributed by atoms with Gasteiger partial charge in [-0.1, -0.05) is 28.9 Å². The molecule has 0 bridgehead atoms. The van der Waals surface area contributed by atoms with Crippen molar-refractivity contribution in [1.82, 2.24) is 9.80 Å². The van der Waals surface area contributed by atoms with Crippen molar-refractivity contribution in [3.63, 3.8) is 0 Å². The molecule has 4 nitrogen and oxygen atoms in total. The van der Waals surface area contributed by atoms with Gasteiger partial charge < -0.3 is 9.64 Å². The number of carbonyl (C=O) groups excluding carboxylic acids is 1. The summed E-state index contributed by atoms with van der Waals surface area (Å²) in [5, 5.41) is 0. The highest BCUT2D eigenvalue weighted by molar-refractivity contribution is 9.10. The van der Waals surface area contributed by atoms with E-state index in [0.717, 1.165) is 30.7 Å². The van der Waals surface area contributed by atoms with Crippen LogP contribution in [0.4, 0.5) is 0 Å². The minimum absolute atomic E-state index is 0.298. The first-order valence-corrected chi connectivity index (χ1v) is 8.13. The van der Waals surface area contributed by atoms with Crippen LogP contribution in [0.15, 0.2) is 22.7 Å². The SMILES string of the molecule is CCC1CN(Cc2ccc(C(=O)OC)cc2Br)CCN1C. The molecule has 21 heavy (non-hydrogen) atoms. The maximum atomic E-state index is 11.5. The van der Waals surface area contributed by atoms with Gasteiger partial charge in [0.15, 0.2) is 0 Å². The van der Waals surface area contributed by atoms with E-state index >= 15 is 0 Å². The van der Waals surface area contributed by atoms with E-state index < -0.39 is 0 Å². The number of esters is 1. The van der Waals surface area contributed by atoms with Gasteiger partial charge in [-0.3, -0.25) is 4.90 Å². The standard InChI is InChI=1S/C16H23BrN2O2/c1-4-14-11-19(8-7-18(14)2)10-13-6-5-12(9-15(13)17)16(20)21-3/h5-6,9,14H,4,7-8,10-11H2,1-3H3. The van der Waals surface area contributed by atoms with Gasteiger partial charge in [-0.2, -0.15) is 0 Å². The summed E-state index contributed by atoms with van der Waals surface area (Å²) in [5.41, 5.74) is 1.79. The van der Waals surface area contributed by atoms with Gasteiger partial charge in [0.05, 0.1) is 12.7 Å². The van der Waals surface area contributed by atoms with Crippen LogP contribution in [0.2, 0.25) is 0 Å². The minimum atomic E-state index is -0.298. The molecule has 1 aliphatic heterocycles. The second-order valence-electron chi connectivity index (χ2n) is 5.58. The summed E-state index contributed by atoms with van der Waals surface area (Å²) < 4.78 is 5.72. The topological polar surface area (TPSA) is 32.8 Å². The lowest BCUT2D eigenvalue weighted by Crippen LogP contribution is -2.50. The van der Waals surface area contributed by atoms with Crippen LogP contribution in [0.1, 0.15) is 29.3 Å². The Morgan fingerprint density at radius 2 is 2.19 bits per heavy atom. The second-order valence-corrected chi connectivity index (χ2v) is 6.43. The van der Waals surface area contributed by atoms with Gasteiger partial charge in [0, 0.05) is 36.7 Å². The molecule has 1 saturated heterocycles. The molecule has 1 heterocycles. The van der Waals surface area contributed by atoms with Crippen LogP contribution in [0.5, 0.6) is 0 Å². The molecule has 0 amide bonds. The molecule has 0 N–H and O–H groups in total. The highest BCUT2D eigenvalue weighted by atomic mass is 79.9. The molecule has 1 aliphatic rings. The van der Waals surface area contributed by atoms with Crippen LogP contribution in [-0.4, -0.2) is 55.6 Å². The van der Waals surface area contributed by atoms with Crippen molar-refractivity contribution in [3.8, 4) is 0 Å². The molecule has 1 fully saturated rings. The van der Waals surface area contributed by atoms with Gasteiger partial charge in [0.1, 0.15) is 0 Å². The van der Waals surface area contributed by atoms with Crippen LogP contribution in [0.3, 0.4) is 0 Å². The number of nitrogens with zero attached hydrogens (tertiary/aromatic N) is 2. The van der Waals surface area contributed by atoms with Gasteiger partial charge >= 0.3 is 5.97 Å². The number of methoxy groups -OCH3 is 1. The Hall–Kier alpha value is -0.910. The van der Waals surface area contributed by atoms with Crippen LogP contribution >= 0.6 is 15.9 Å². The van der Waals surface area contributed by atoms with E-state index in [0.29, 0.717) is 11.6 Å². The lowest BCUT2D eigenvalue weighted by Gasteiger charge is -2.39. The second kappa shape index (κ2) is 7.38. The molecule has 0 aliphatic carbocycles. The molecule has 0 radical (unpaired) electrons. The van der Waals surface area contributed by atoms with E-state index in [4.69, 9.17) is 4.74 Å². The predicted molar refractivity (Wildman–Crippen MR) is 87.5 cm³/mol. The highest BCUT2D eigenvalue weighted by Crippen LogP contribution is 2.22. The molecule has 0 spiro atoms. The normalized spacial score (nSPS) is 20.5. The molecule has 1 atom stereocenters. The average molecular weight is 355 g/mol. The van der Waals surface area contributed by atoms with Crippen molar-refractivity contribution < 1.29 is 9.53 Å². The predicted octanol–water partition coefficient (Wildman–Crippen LogP) is 2.76. The summed E-state index contributed by atoms with van der Waals surface area (Å²) in [6, 6.07) is 6.32. The maximum absolute atomic E-state index is 11.5. The molecule has 5 heteroatoms. The number of benzene rings is 1. The van der Waals surface area contributed by atoms with E-state index in [-0.39, 0.29) is 5.97 Å². The Bertz CT molecular complexity index is 507. The number of carbonyl (C=O) groups is 1. The first-order valence-electron chi connectivity index (χ1n) is 7.34. The number of halogens is 1. The van der Waals surface area contributed by atoms with Crippen molar-refractivity contribution in [2.24, 2.45) is 0 Å². The number of hydrogen-bond donors (Lipinski definition) is 0. The van der Waals surface area contributed by atoms with Gasteiger partial charge in [0.25, 0.3) is 0 Å². The summed E-state index contributed by atoms with van der Waals surface area (Å²) in [7, 11) is 3.60. The highest BCUT2D eigenvalue weighted by Gasteiger charge is 2.23. The fourth-order valence-corrected chi connectivity index (χ4v) is 3.26.